The summed E-state index contributed by atoms with van der Waals surface area (Å²) in [6.45, 7) is 4.12. The summed E-state index contributed by atoms with van der Waals surface area (Å²) in [5.74, 6) is 2.10. The van der Waals surface area contributed by atoms with Crippen molar-refractivity contribution >= 4 is 34.8 Å². The van der Waals surface area contributed by atoms with Crippen LogP contribution in [0.15, 0.2) is 18.2 Å². The van der Waals surface area contributed by atoms with Gasteiger partial charge in [-0.15, -0.1) is 12.4 Å². The van der Waals surface area contributed by atoms with E-state index in [1.54, 1.807) is 14.2 Å². The highest BCUT2D eigenvalue weighted by Gasteiger charge is 2.15. The highest BCUT2D eigenvalue weighted by molar-refractivity contribution is 6.01. The van der Waals surface area contributed by atoms with E-state index in [4.69, 9.17) is 24.7 Å². The van der Waals surface area contributed by atoms with Gasteiger partial charge in [-0.25, -0.2) is 4.98 Å². The monoisotopic (exact) mass is 429 g/mol. The Bertz CT molecular complexity index is 735. The van der Waals surface area contributed by atoms with Crippen LogP contribution in [0, 0.1) is 0 Å². The Kier molecular flexibility index (Phi) is 12.1. The average molecular weight is 430 g/mol. The zero-order valence-corrected chi connectivity index (χ0v) is 17.8. The highest BCUT2D eigenvalue weighted by Crippen LogP contribution is 2.38. The molecule has 0 aliphatic heterocycles. The Labute approximate surface area is 177 Å². The molecule has 0 amide bonds. The minimum absolute atomic E-state index is 0. The van der Waals surface area contributed by atoms with E-state index in [1.165, 1.54) is 0 Å². The molecular formula is C19H32ClN5O4. The summed E-state index contributed by atoms with van der Waals surface area (Å²) in [5.41, 5.74) is 1.60. The number of fused-ring (bicyclic) bond motifs is 1. The largest absolute Gasteiger partial charge is 0.496 e. The normalized spacial score (nSPS) is 10.5. The van der Waals surface area contributed by atoms with Crippen LogP contribution in [0.1, 0.15) is 0 Å². The molecule has 9 nitrogen and oxygen atoms in total. The first-order valence-corrected chi connectivity index (χ1v) is 9.41. The molecule has 1 aromatic heterocycles. The number of aliphatic hydroxyl groups excluding tert-OH is 2. The van der Waals surface area contributed by atoms with Crippen molar-refractivity contribution in [3.8, 4) is 11.5 Å². The Balaban J connectivity index is 0.00000420. The van der Waals surface area contributed by atoms with Gasteiger partial charge in [0.25, 0.3) is 0 Å². The lowest BCUT2D eigenvalue weighted by Crippen LogP contribution is -2.25. The number of benzene rings is 1. The molecule has 2 rings (SSSR count). The predicted octanol–water partition coefficient (Wildman–Crippen LogP) is 0.661. The van der Waals surface area contributed by atoms with Crippen LogP contribution in [0.2, 0.25) is 0 Å². The zero-order valence-electron chi connectivity index (χ0n) is 17.0. The smallest absolute Gasteiger partial charge is 0.145 e. The summed E-state index contributed by atoms with van der Waals surface area (Å²) < 4.78 is 11.0. The van der Waals surface area contributed by atoms with E-state index in [-0.39, 0.29) is 25.6 Å². The van der Waals surface area contributed by atoms with Crippen LogP contribution in [0.3, 0.4) is 0 Å². The van der Waals surface area contributed by atoms with E-state index in [1.807, 2.05) is 18.2 Å². The summed E-state index contributed by atoms with van der Waals surface area (Å²) in [5, 5.41) is 31.5. The Morgan fingerprint density at radius 2 is 1.41 bits per heavy atom. The van der Waals surface area contributed by atoms with Crippen LogP contribution in [0.4, 0.5) is 11.5 Å². The molecular weight excluding hydrogens is 398 g/mol. The standard InChI is InChI=1S/C19H31N5O4.ClH/c1-27-15-3-4-16(28-2)19-18(15)14(22-7-5-20-9-11-25)13-17(24-19)23-8-6-21-10-12-26;/h3-4,13,20-21,25-26H,5-12H2,1-2H3,(H2,22,23,24);1H. The number of aromatic nitrogens is 1. The van der Waals surface area contributed by atoms with Crippen molar-refractivity contribution in [2.45, 2.75) is 0 Å². The maximum absolute atomic E-state index is 8.87. The van der Waals surface area contributed by atoms with Crippen molar-refractivity contribution in [3.63, 3.8) is 0 Å². The van der Waals surface area contributed by atoms with E-state index < -0.39 is 0 Å². The van der Waals surface area contributed by atoms with Crippen molar-refractivity contribution in [3.05, 3.63) is 18.2 Å². The van der Waals surface area contributed by atoms with Crippen molar-refractivity contribution in [1.82, 2.24) is 15.6 Å². The predicted molar refractivity (Wildman–Crippen MR) is 119 cm³/mol. The number of halogens is 1. The van der Waals surface area contributed by atoms with Crippen LogP contribution in [0.5, 0.6) is 11.5 Å². The molecule has 0 fully saturated rings. The van der Waals surface area contributed by atoms with Gasteiger partial charge in [0.05, 0.1) is 38.5 Å². The molecule has 164 valence electrons. The van der Waals surface area contributed by atoms with Crippen LogP contribution >= 0.6 is 12.4 Å². The second kappa shape index (κ2) is 14.0. The lowest BCUT2D eigenvalue weighted by Gasteiger charge is -2.17. The number of hydrogen-bond donors (Lipinski definition) is 6. The molecule has 10 heteroatoms. The Hall–Kier alpha value is -2.04. The first-order valence-electron chi connectivity index (χ1n) is 9.41. The molecule has 1 aromatic carbocycles. The van der Waals surface area contributed by atoms with Crippen LogP contribution in [0.25, 0.3) is 10.9 Å². The average Bonchev–Trinajstić information content (AvgIpc) is 2.72. The second-order valence-corrected chi connectivity index (χ2v) is 6.05. The summed E-state index contributed by atoms with van der Waals surface area (Å²) in [6.07, 6.45) is 0. The Morgan fingerprint density at radius 1 is 0.828 bits per heavy atom. The number of aliphatic hydroxyl groups is 2. The van der Waals surface area contributed by atoms with Crippen LogP contribution in [-0.4, -0.2) is 81.9 Å². The maximum atomic E-state index is 8.87. The number of hydrogen-bond acceptors (Lipinski definition) is 9. The lowest BCUT2D eigenvalue weighted by atomic mass is 10.1. The van der Waals surface area contributed by atoms with Crippen LogP contribution < -0.4 is 30.7 Å². The van der Waals surface area contributed by atoms with Gasteiger partial charge >= 0.3 is 0 Å². The van der Waals surface area contributed by atoms with Gasteiger partial charge in [0, 0.05) is 45.3 Å². The number of nitrogens with one attached hydrogen (secondary N) is 4. The fourth-order valence-electron chi connectivity index (χ4n) is 2.82. The van der Waals surface area contributed by atoms with E-state index in [0.717, 1.165) is 16.9 Å². The van der Waals surface area contributed by atoms with E-state index >= 15 is 0 Å². The third-order valence-corrected chi connectivity index (χ3v) is 4.13. The van der Waals surface area contributed by atoms with Gasteiger partial charge < -0.3 is 41.0 Å². The van der Waals surface area contributed by atoms with Crippen LogP contribution in [-0.2, 0) is 0 Å². The van der Waals surface area contributed by atoms with Gasteiger partial charge in [-0.1, -0.05) is 0 Å². The van der Waals surface area contributed by atoms with E-state index in [9.17, 15) is 0 Å². The van der Waals surface area contributed by atoms with Gasteiger partial charge in [0.2, 0.25) is 0 Å². The van der Waals surface area contributed by atoms with Crippen molar-refractivity contribution in [2.24, 2.45) is 0 Å². The number of rotatable bonds is 14. The quantitative estimate of drug-likeness (QED) is 0.240. The molecule has 6 N–H and O–H groups in total. The topological polar surface area (TPSA) is 120 Å². The summed E-state index contributed by atoms with van der Waals surface area (Å²) in [7, 11) is 3.25. The van der Waals surface area contributed by atoms with Gasteiger partial charge in [0.15, 0.2) is 0 Å². The number of pyridine rings is 1. The first kappa shape index (κ1) is 25.0. The molecule has 0 radical (unpaired) electrons. The lowest BCUT2D eigenvalue weighted by molar-refractivity contribution is 0.293. The van der Waals surface area contributed by atoms with Crippen molar-refractivity contribution in [1.29, 1.82) is 0 Å². The third kappa shape index (κ3) is 7.37. The molecule has 0 atom stereocenters. The molecule has 0 unspecified atom stereocenters. The molecule has 1 heterocycles. The number of methoxy groups -OCH3 is 2. The number of ether oxygens (including phenoxy) is 2. The summed E-state index contributed by atoms with van der Waals surface area (Å²) >= 11 is 0. The minimum atomic E-state index is 0. The molecule has 0 bridgehead atoms. The number of anilines is 2. The molecule has 0 spiro atoms. The maximum Gasteiger partial charge on any atom is 0.145 e. The molecule has 0 aliphatic carbocycles. The molecule has 0 saturated heterocycles. The van der Waals surface area contributed by atoms with Gasteiger partial charge in [-0.3, -0.25) is 0 Å². The molecule has 0 aliphatic rings. The van der Waals surface area contributed by atoms with Crippen molar-refractivity contribution in [2.75, 3.05) is 77.3 Å². The Morgan fingerprint density at radius 3 is 2.00 bits per heavy atom. The van der Waals surface area contributed by atoms with Crippen molar-refractivity contribution < 1.29 is 19.7 Å². The van der Waals surface area contributed by atoms with Gasteiger partial charge in [-0.05, 0) is 12.1 Å². The van der Waals surface area contributed by atoms with Gasteiger partial charge in [-0.2, -0.15) is 0 Å². The molecule has 0 saturated carbocycles. The third-order valence-electron chi connectivity index (χ3n) is 4.13. The van der Waals surface area contributed by atoms with E-state index in [2.05, 4.69) is 21.3 Å². The SMILES string of the molecule is COc1ccc(OC)c2c(NCCNCCO)cc(NCCNCCO)nc12.Cl. The molecule has 2 aromatic rings. The molecule has 29 heavy (non-hydrogen) atoms. The summed E-state index contributed by atoms with van der Waals surface area (Å²) in [4.78, 5) is 4.71. The fourth-order valence-corrected chi connectivity index (χ4v) is 2.82. The minimum Gasteiger partial charge on any atom is -0.496 e. The first-order chi connectivity index (χ1) is 13.7. The zero-order chi connectivity index (χ0) is 20.2. The van der Waals surface area contributed by atoms with Gasteiger partial charge in [0.1, 0.15) is 22.8 Å². The highest BCUT2D eigenvalue weighted by atomic mass is 35.5. The number of nitrogens with zero attached hydrogens (tertiary/aromatic N) is 1. The summed E-state index contributed by atoms with van der Waals surface area (Å²) in [6, 6.07) is 5.65. The van der Waals surface area contributed by atoms with E-state index in [0.29, 0.717) is 56.3 Å². The fraction of sp³-hybridized carbons (Fsp3) is 0.526. The second-order valence-electron chi connectivity index (χ2n) is 6.05.